The smallest absolute Gasteiger partial charge is 0.305 e. The van der Waals surface area contributed by atoms with Gasteiger partial charge in [0.1, 0.15) is 0 Å². The third-order valence-electron chi connectivity index (χ3n) is 14.7. The van der Waals surface area contributed by atoms with Gasteiger partial charge < -0.3 is 20.3 Å². The maximum atomic E-state index is 12.5. The number of allylic oxidation sites excluding steroid dienone is 4. The summed E-state index contributed by atoms with van der Waals surface area (Å²) in [5.41, 5.74) is 0. The summed E-state index contributed by atoms with van der Waals surface area (Å²) < 4.78 is 5.47. The van der Waals surface area contributed by atoms with Gasteiger partial charge >= 0.3 is 5.97 Å². The highest BCUT2D eigenvalue weighted by molar-refractivity contribution is 5.76. The van der Waals surface area contributed by atoms with Crippen LogP contribution in [0.15, 0.2) is 24.3 Å². The predicted octanol–water partition coefficient (Wildman–Crippen LogP) is 19.8. The Morgan fingerprint density at radius 2 is 0.671 bits per heavy atom. The summed E-state index contributed by atoms with van der Waals surface area (Å²) in [4.78, 5) is 24.5. The van der Waals surface area contributed by atoms with Gasteiger partial charge in [-0.1, -0.05) is 282 Å². The molecule has 0 aliphatic rings. The van der Waals surface area contributed by atoms with Crippen LogP contribution in [-0.2, 0) is 14.3 Å². The predicted molar refractivity (Wildman–Crippen MR) is 306 cm³/mol. The van der Waals surface area contributed by atoms with Crippen molar-refractivity contribution in [2.45, 2.75) is 360 Å². The topological polar surface area (TPSA) is 95.9 Å². The number of unbranched alkanes of at least 4 members (excludes halogenated alkanes) is 44. The number of esters is 1. The van der Waals surface area contributed by atoms with Crippen molar-refractivity contribution in [2.75, 3.05) is 13.2 Å². The Morgan fingerprint density at radius 1 is 0.386 bits per heavy atom. The van der Waals surface area contributed by atoms with Crippen molar-refractivity contribution < 1.29 is 24.5 Å². The van der Waals surface area contributed by atoms with Crippen molar-refractivity contribution in [2.24, 2.45) is 0 Å². The van der Waals surface area contributed by atoms with E-state index in [2.05, 4.69) is 43.5 Å². The third-order valence-corrected chi connectivity index (χ3v) is 14.7. The number of hydrogen-bond acceptors (Lipinski definition) is 5. The van der Waals surface area contributed by atoms with Crippen LogP contribution in [0.25, 0.3) is 0 Å². The van der Waals surface area contributed by atoms with Gasteiger partial charge in [-0.3, -0.25) is 9.59 Å². The number of carbonyl (C=O) groups is 2. The van der Waals surface area contributed by atoms with E-state index in [9.17, 15) is 19.8 Å². The van der Waals surface area contributed by atoms with E-state index < -0.39 is 12.1 Å². The second-order valence-electron chi connectivity index (χ2n) is 21.7. The second kappa shape index (κ2) is 59.9. The zero-order valence-corrected chi connectivity index (χ0v) is 47.3. The van der Waals surface area contributed by atoms with E-state index in [1.807, 2.05) is 0 Å². The van der Waals surface area contributed by atoms with Gasteiger partial charge in [-0.05, 0) is 77.0 Å². The van der Waals surface area contributed by atoms with Gasteiger partial charge in [-0.2, -0.15) is 0 Å². The quantitative estimate of drug-likeness (QED) is 0.0321. The van der Waals surface area contributed by atoms with Crippen molar-refractivity contribution >= 4 is 11.9 Å². The molecule has 0 rings (SSSR count). The molecule has 3 N–H and O–H groups in total. The monoisotopic (exact) mass is 986 g/mol. The van der Waals surface area contributed by atoms with Gasteiger partial charge in [-0.15, -0.1) is 0 Å². The van der Waals surface area contributed by atoms with Gasteiger partial charge in [0.15, 0.2) is 0 Å². The zero-order chi connectivity index (χ0) is 50.7. The average Bonchev–Trinajstić information content (AvgIpc) is 3.36. The van der Waals surface area contributed by atoms with Gasteiger partial charge in [0.05, 0.1) is 25.4 Å². The number of ether oxygens (including phenoxy) is 1. The lowest BCUT2D eigenvalue weighted by molar-refractivity contribution is -0.143. The van der Waals surface area contributed by atoms with Crippen molar-refractivity contribution in [3.05, 3.63) is 24.3 Å². The fourth-order valence-corrected chi connectivity index (χ4v) is 9.87. The molecule has 0 aromatic heterocycles. The van der Waals surface area contributed by atoms with Crippen molar-refractivity contribution in [3.8, 4) is 0 Å². The molecule has 414 valence electrons. The number of nitrogens with one attached hydrogen (secondary N) is 1. The number of aliphatic hydroxyl groups excluding tert-OH is 2. The van der Waals surface area contributed by atoms with Crippen LogP contribution < -0.4 is 5.32 Å². The summed E-state index contributed by atoms with van der Waals surface area (Å²) in [7, 11) is 0. The molecule has 0 saturated heterocycles. The van der Waals surface area contributed by atoms with Gasteiger partial charge in [0.25, 0.3) is 0 Å². The molecule has 6 heteroatoms. The zero-order valence-electron chi connectivity index (χ0n) is 47.3. The van der Waals surface area contributed by atoms with Crippen molar-refractivity contribution in [3.63, 3.8) is 0 Å². The average molecular weight is 987 g/mol. The molecule has 2 unspecified atom stereocenters. The fourth-order valence-electron chi connectivity index (χ4n) is 9.87. The summed E-state index contributed by atoms with van der Waals surface area (Å²) in [6.45, 7) is 4.95. The first-order valence-corrected chi connectivity index (χ1v) is 31.6. The number of carbonyl (C=O) groups excluding carboxylic acids is 2. The summed E-state index contributed by atoms with van der Waals surface area (Å²) in [5.74, 6) is -0.0336. The number of amides is 1. The number of rotatable bonds is 59. The minimum atomic E-state index is -0.667. The SMILES string of the molecule is CCCCCC/C=C\CCCCCCCC(=O)OCCCCCCCCCCCCCC/C=C\CCCCCCCCCCC(=O)NC(CO)C(O)CCCCCCCCCCCCCCCCCC. The van der Waals surface area contributed by atoms with E-state index in [1.54, 1.807) is 0 Å². The lowest BCUT2D eigenvalue weighted by Gasteiger charge is -2.22. The first-order chi connectivity index (χ1) is 34.5. The van der Waals surface area contributed by atoms with E-state index in [-0.39, 0.29) is 18.5 Å². The molecular formula is C64H123NO5. The molecule has 0 heterocycles. The van der Waals surface area contributed by atoms with Crippen LogP contribution in [0.4, 0.5) is 0 Å². The van der Waals surface area contributed by atoms with Crippen LogP contribution >= 0.6 is 0 Å². The Kier molecular flexibility index (Phi) is 58.5. The fraction of sp³-hybridized carbons (Fsp3) is 0.906. The molecular weight excluding hydrogens is 863 g/mol. The van der Waals surface area contributed by atoms with Crippen LogP contribution in [0.2, 0.25) is 0 Å². The van der Waals surface area contributed by atoms with E-state index in [0.717, 1.165) is 44.9 Å². The molecule has 70 heavy (non-hydrogen) atoms. The van der Waals surface area contributed by atoms with E-state index in [0.29, 0.717) is 25.9 Å². The summed E-state index contributed by atoms with van der Waals surface area (Å²) >= 11 is 0. The molecule has 0 bridgehead atoms. The van der Waals surface area contributed by atoms with E-state index >= 15 is 0 Å². The summed E-state index contributed by atoms with van der Waals surface area (Å²) in [5, 5.41) is 23.3. The van der Waals surface area contributed by atoms with Crippen LogP contribution in [0.1, 0.15) is 348 Å². The Bertz CT molecular complexity index is 1090. The molecule has 6 nitrogen and oxygen atoms in total. The first-order valence-electron chi connectivity index (χ1n) is 31.6. The third kappa shape index (κ3) is 55.7. The first kappa shape index (κ1) is 68.3. The highest BCUT2D eigenvalue weighted by Crippen LogP contribution is 2.18. The molecule has 0 aromatic carbocycles. The molecule has 0 radical (unpaired) electrons. The normalized spacial score (nSPS) is 12.7. The molecule has 0 aromatic rings. The lowest BCUT2D eigenvalue weighted by atomic mass is 10.0. The molecule has 0 aliphatic carbocycles. The maximum Gasteiger partial charge on any atom is 0.305 e. The van der Waals surface area contributed by atoms with Gasteiger partial charge in [0.2, 0.25) is 5.91 Å². The Balaban J connectivity index is 3.40. The van der Waals surface area contributed by atoms with Crippen LogP contribution in [0, 0.1) is 0 Å². The van der Waals surface area contributed by atoms with E-state index in [4.69, 9.17) is 4.74 Å². The minimum absolute atomic E-state index is 0.00362. The van der Waals surface area contributed by atoms with Crippen molar-refractivity contribution in [1.82, 2.24) is 5.32 Å². The Morgan fingerprint density at radius 3 is 1.03 bits per heavy atom. The molecule has 0 saturated carbocycles. The summed E-state index contributed by atoms with van der Waals surface area (Å²) in [6, 6.07) is -0.544. The molecule has 0 aliphatic heterocycles. The largest absolute Gasteiger partial charge is 0.466 e. The van der Waals surface area contributed by atoms with Gasteiger partial charge in [0, 0.05) is 12.8 Å². The lowest BCUT2D eigenvalue weighted by Crippen LogP contribution is -2.45. The van der Waals surface area contributed by atoms with Crippen LogP contribution in [0.5, 0.6) is 0 Å². The minimum Gasteiger partial charge on any atom is -0.466 e. The van der Waals surface area contributed by atoms with Crippen molar-refractivity contribution in [1.29, 1.82) is 0 Å². The molecule has 2 atom stereocenters. The number of aliphatic hydroxyl groups is 2. The second-order valence-corrected chi connectivity index (χ2v) is 21.7. The van der Waals surface area contributed by atoms with E-state index in [1.165, 1.54) is 270 Å². The maximum absolute atomic E-state index is 12.5. The summed E-state index contributed by atoms with van der Waals surface area (Å²) in [6.07, 6.45) is 73.3. The Hall–Kier alpha value is -1.66. The highest BCUT2D eigenvalue weighted by Gasteiger charge is 2.20. The van der Waals surface area contributed by atoms with Crippen LogP contribution in [0.3, 0.4) is 0 Å². The molecule has 0 fully saturated rings. The van der Waals surface area contributed by atoms with Crippen LogP contribution in [-0.4, -0.2) is 47.4 Å². The molecule has 0 spiro atoms. The van der Waals surface area contributed by atoms with Gasteiger partial charge in [-0.25, -0.2) is 0 Å². The number of hydrogen-bond donors (Lipinski definition) is 3. The standard InChI is InChI=1S/C64H123NO5/c1-3-5-7-9-11-13-15-17-18-29-33-36-40-44-48-52-56-62(67)61(60-66)65-63(68)57-53-49-45-41-37-34-30-27-25-23-21-19-20-22-24-26-28-31-35-39-43-47-51-55-59-70-64(69)58-54-50-46-42-38-32-16-14-12-10-8-6-4-2/h14,16,21,23,61-62,66-67H,3-13,15,17-20,22,24-60H2,1-2H3,(H,65,68)/b16-14-,23-21-. The Labute approximate surface area is 437 Å². The highest BCUT2D eigenvalue weighted by atomic mass is 16.5. The molecule has 1 amide bonds.